The number of aryl methyl sites for hydroxylation is 1. The average molecular weight is 498 g/mol. The minimum Gasteiger partial charge on any atom is -0.448 e. The van der Waals surface area contributed by atoms with Crippen molar-refractivity contribution in [2.75, 3.05) is 11.4 Å². The Hall–Kier alpha value is -4.46. The van der Waals surface area contributed by atoms with Crippen molar-refractivity contribution in [3.8, 4) is 11.8 Å². The first-order valence-electron chi connectivity index (χ1n) is 10.8. The molecule has 1 aromatic heterocycles. The lowest BCUT2D eigenvalue weighted by Gasteiger charge is -2.25. The number of carbonyl (C=O) groups is 2. The Kier molecular flexibility index (Phi) is 7.89. The minimum absolute atomic E-state index is 0.0211. The van der Waals surface area contributed by atoms with Crippen molar-refractivity contribution >= 4 is 17.6 Å². The summed E-state index contributed by atoms with van der Waals surface area (Å²) in [4.78, 5) is 39.5. The van der Waals surface area contributed by atoms with Crippen molar-refractivity contribution < 1.29 is 27.5 Å². The molecule has 0 bridgehead atoms. The summed E-state index contributed by atoms with van der Waals surface area (Å²) in [7, 11) is 0. The SMILES string of the molecule is Cc1cc(=O)c(C(=O)O[C@H](C)C(=O)N(CCC#N)c2ccccc2)nn1-c1cccc(C(F)(F)F)c1. The number of ether oxygens (including phenoxy) is 1. The maximum Gasteiger partial charge on any atom is 0.416 e. The number of benzene rings is 2. The molecule has 0 spiro atoms. The highest BCUT2D eigenvalue weighted by Crippen LogP contribution is 2.30. The maximum absolute atomic E-state index is 13.1. The summed E-state index contributed by atoms with van der Waals surface area (Å²) in [5, 5.41) is 12.9. The molecule has 8 nitrogen and oxygen atoms in total. The lowest BCUT2D eigenvalue weighted by Crippen LogP contribution is -2.41. The van der Waals surface area contributed by atoms with Gasteiger partial charge in [0, 0.05) is 24.0 Å². The molecule has 186 valence electrons. The van der Waals surface area contributed by atoms with E-state index in [-0.39, 0.29) is 24.3 Å². The van der Waals surface area contributed by atoms with Crippen molar-refractivity contribution in [1.82, 2.24) is 9.78 Å². The van der Waals surface area contributed by atoms with E-state index in [0.29, 0.717) is 5.69 Å². The molecule has 0 aliphatic rings. The van der Waals surface area contributed by atoms with Gasteiger partial charge in [-0.15, -0.1) is 0 Å². The number of para-hydroxylation sites is 1. The van der Waals surface area contributed by atoms with Crippen LogP contribution in [-0.2, 0) is 15.7 Å². The van der Waals surface area contributed by atoms with Crippen LogP contribution < -0.4 is 10.3 Å². The standard InChI is InChI=1S/C25H21F3N4O4/c1-16-14-21(33)22(30-32(16)20-11-6-8-18(15-20)25(26,27)28)24(35)36-17(2)23(34)31(13-7-12-29)19-9-4-3-5-10-19/h3-6,8-11,14-15,17H,7,13H2,1-2H3/t17-/m1/s1. The third kappa shape index (κ3) is 5.96. The number of nitrogens with zero attached hydrogens (tertiary/aromatic N) is 4. The number of hydrogen-bond acceptors (Lipinski definition) is 6. The van der Waals surface area contributed by atoms with E-state index < -0.39 is 40.8 Å². The van der Waals surface area contributed by atoms with Gasteiger partial charge >= 0.3 is 12.1 Å². The van der Waals surface area contributed by atoms with Crippen LogP contribution >= 0.6 is 0 Å². The number of aromatic nitrogens is 2. The molecule has 1 amide bonds. The molecule has 0 saturated carbocycles. The molecule has 0 fully saturated rings. The number of anilines is 1. The molecule has 11 heteroatoms. The zero-order valence-electron chi connectivity index (χ0n) is 19.3. The minimum atomic E-state index is -4.60. The number of amides is 1. The molecule has 1 heterocycles. The van der Waals surface area contributed by atoms with Gasteiger partial charge in [0.15, 0.2) is 6.10 Å². The second-order valence-corrected chi connectivity index (χ2v) is 7.74. The predicted octanol–water partition coefficient (Wildman–Crippen LogP) is 4.05. The Bertz CT molecular complexity index is 1360. The van der Waals surface area contributed by atoms with Crippen LogP contribution in [0.3, 0.4) is 0 Å². The number of rotatable bonds is 7. The van der Waals surface area contributed by atoms with Crippen LogP contribution in [0.1, 0.15) is 35.1 Å². The molecular formula is C25H21F3N4O4. The molecule has 0 unspecified atom stereocenters. The smallest absolute Gasteiger partial charge is 0.416 e. The number of alkyl halides is 3. The number of hydrogen-bond donors (Lipinski definition) is 0. The number of nitriles is 1. The molecule has 0 aliphatic carbocycles. The van der Waals surface area contributed by atoms with E-state index in [1.165, 1.54) is 30.9 Å². The number of halogens is 3. The van der Waals surface area contributed by atoms with Crippen LogP contribution in [0.2, 0.25) is 0 Å². The second-order valence-electron chi connectivity index (χ2n) is 7.74. The fraction of sp³-hybridized carbons (Fsp3) is 0.240. The van der Waals surface area contributed by atoms with Gasteiger partial charge in [0.1, 0.15) is 0 Å². The zero-order valence-corrected chi connectivity index (χ0v) is 19.3. The Morgan fingerprint density at radius 3 is 2.47 bits per heavy atom. The van der Waals surface area contributed by atoms with E-state index in [1.54, 1.807) is 30.3 Å². The van der Waals surface area contributed by atoms with E-state index in [9.17, 15) is 27.6 Å². The summed E-state index contributed by atoms with van der Waals surface area (Å²) in [6.07, 6.45) is -5.92. The largest absolute Gasteiger partial charge is 0.448 e. The van der Waals surface area contributed by atoms with Crippen molar-refractivity contribution in [2.45, 2.75) is 32.5 Å². The molecule has 3 aromatic rings. The summed E-state index contributed by atoms with van der Waals surface area (Å²) >= 11 is 0. The molecule has 0 aliphatic heterocycles. The van der Waals surface area contributed by atoms with Gasteiger partial charge in [-0.2, -0.15) is 23.5 Å². The fourth-order valence-corrected chi connectivity index (χ4v) is 3.39. The molecule has 2 aromatic carbocycles. The van der Waals surface area contributed by atoms with Gasteiger partial charge in [-0.05, 0) is 44.2 Å². The van der Waals surface area contributed by atoms with Gasteiger partial charge in [0.05, 0.1) is 23.7 Å². The Morgan fingerprint density at radius 1 is 1.14 bits per heavy atom. The van der Waals surface area contributed by atoms with Crippen molar-refractivity contribution in [3.05, 3.63) is 87.8 Å². The zero-order chi connectivity index (χ0) is 26.5. The first-order chi connectivity index (χ1) is 17.0. The summed E-state index contributed by atoms with van der Waals surface area (Å²) in [6, 6.07) is 15.7. The van der Waals surface area contributed by atoms with E-state index in [4.69, 9.17) is 10.00 Å². The van der Waals surface area contributed by atoms with Crippen LogP contribution in [0.4, 0.5) is 18.9 Å². The van der Waals surface area contributed by atoms with Gasteiger partial charge in [-0.25, -0.2) is 9.48 Å². The normalized spacial score (nSPS) is 11.9. The van der Waals surface area contributed by atoms with Gasteiger partial charge in [0.25, 0.3) is 5.91 Å². The molecule has 0 N–H and O–H groups in total. The molecule has 0 saturated heterocycles. The third-order valence-corrected chi connectivity index (χ3v) is 5.13. The Balaban J connectivity index is 1.88. The Labute approximate surface area is 204 Å². The highest BCUT2D eigenvalue weighted by molar-refractivity contribution is 5.98. The Morgan fingerprint density at radius 2 is 1.83 bits per heavy atom. The first-order valence-corrected chi connectivity index (χ1v) is 10.8. The summed E-state index contributed by atoms with van der Waals surface area (Å²) in [5.41, 5.74) is -1.78. The molecule has 0 radical (unpaired) electrons. The van der Waals surface area contributed by atoms with Crippen LogP contribution in [0.15, 0.2) is 65.5 Å². The highest BCUT2D eigenvalue weighted by atomic mass is 19.4. The van der Waals surface area contributed by atoms with Crippen LogP contribution in [0.5, 0.6) is 0 Å². The summed E-state index contributed by atoms with van der Waals surface area (Å²) in [5.74, 6) is -1.84. The summed E-state index contributed by atoms with van der Waals surface area (Å²) < 4.78 is 45.6. The molecule has 3 rings (SSSR count). The molecule has 36 heavy (non-hydrogen) atoms. The lowest BCUT2D eigenvalue weighted by molar-refractivity contribution is -0.137. The average Bonchev–Trinajstić information content (AvgIpc) is 2.84. The third-order valence-electron chi connectivity index (χ3n) is 5.13. The van der Waals surface area contributed by atoms with Gasteiger partial charge in [-0.1, -0.05) is 24.3 Å². The van der Waals surface area contributed by atoms with Crippen molar-refractivity contribution in [2.24, 2.45) is 0 Å². The maximum atomic E-state index is 13.1. The molecule has 1 atom stereocenters. The van der Waals surface area contributed by atoms with E-state index in [2.05, 4.69) is 5.10 Å². The summed E-state index contributed by atoms with van der Waals surface area (Å²) in [6.45, 7) is 2.80. The second kappa shape index (κ2) is 10.9. The monoisotopic (exact) mass is 498 g/mol. The quantitative estimate of drug-likeness (QED) is 0.455. The van der Waals surface area contributed by atoms with E-state index in [1.807, 2.05) is 6.07 Å². The van der Waals surface area contributed by atoms with Gasteiger partial charge < -0.3 is 9.64 Å². The van der Waals surface area contributed by atoms with Crippen LogP contribution in [-0.4, -0.2) is 34.3 Å². The van der Waals surface area contributed by atoms with Crippen LogP contribution in [0, 0.1) is 18.3 Å². The molecular weight excluding hydrogens is 477 g/mol. The highest BCUT2D eigenvalue weighted by Gasteiger charge is 2.31. The number of esters is 1. The predicted molar refractivity (Wildman–Crippen MR) is 123 cm³/mol. The van der Waals surface area contributed by atoms with Crippen LogP contribution in [0.25, 0.3) is 5.69 Å². The van der Waals surface area contributed by atoms with Crippen molar-refractivity contribution in [1.29, 1.82) is 5.26 Å². The lowest BCUT2D eigenvalue weighted by atomic mass is 10.2. The van der Waals surface area contributed by atoms with E-state index in [0.717, 1.165) is 22.9 Å². The number of carbonyl (C=O) groups excluding carboxylic acids is 2. The first kappa shape index (κ1) is 26.2. The van der Waals surface area contributed by atoms with Gasteiger partial charge in [0.2, 0.25) is 11.1 Å². The van der Waals surface area contributed by atoms with Crippen molar-refractivity contribution in [3.63, 3.8) is 0 Å². The fourth-order valence-electron chi connectivity index (χ4n) is 3.39. The van der Waals surface area contributed by atoms with E-state index >= 15 is 0 Å². The van der Waals surface area contributed by atoms with Gasteiger partial charge in [-0.3, -0.25) is 9.59 Å². The topological polar surface area (TPSA) is 105 Å².